The summed E-state index contributed by atoms with van der Waals surface area (Å²) in [6, 6.07) is 10.2. The first-order chi connectivity index (χ1) is 14.4. The lowest BCUT2D eigenvalue weighted by Crippen LogP contribution is -2.45. The van der Waals surface area contributed by atoms with Crippen LogP contribution in [0.1, 0.15) is 13.3 Å². The molecule has 1 atom stereocenters. The lowest BCUT2D eigenvalue weighted by molar-refractivity contribution is -0.125. The second-order valence-corrected chi connectivity index (χ2v) is 7.54. The number of rotatable bonds is 5. The number of nitrogens with one attached hydrogen (secondary N) is 1. The molecule has 1 N–H and O–H groups in total. The molecule has 1 aliphatic heterocycles. The smallest absolute Gasteiger partial charge is 0.267 e. The summed E-state index contributed by atoms with van der Waals surface area (Å²) in [6.45, 7) is 1.83. The summed E-state index contributed by atoms with van der Waals surface area (Å²) in [7, 11) is 0. The van der Waals surface area contributed by atoms with Gasteiger partial charge in [-0.1, -0.05) is 12.1 Å². The molecule has 30 heavy (non-hydrogen) atoms. The third-order valence-electron chi connectivity index (χ3n) is 4.59. The molecule has 1 aromatic heterocycles. The fourth-order valence-corrected chi connectivity index (χ4v) is 3.86. The van der Waals surface area contributed by atoms with Crippen LogP contribution in [0.15, 0.2) is 47.8 Å². The number of para-hydroxylation sites is 2. The van der Waals surface area contributed by atoms with Crippen LogP contribution in [-0.2, 0) is 9.59 Å². The average molecular weight is 429 g/mol. The van der Waals surface area contributed by atoms with Crippen molar-refractivity contribution in [3.63, 3.8) is 0 Å². The van der Waals surface area contributed by atoms with Gasteiger partial charge in [0.25, 0.3) is 5.91 Å². The highest BCUT2D eigenvalue weighted by molar-refractivity contribution is 7.14. The van der Waals surface area contributed by atoms with E-state index < -0.39 is 17.7 Å². The molecule has 9 heteroatoms. The highest BCUT2D eigenvalue weighted by Crippen LogP contribution is 2.33. The summed E-state index contributed by atoms with van der Waals surface area (Å²) in [5, 5.41) is 4.44. The van der Waals surface area contributed by atoms with Gasteiger partial charge >= 0.3 is 0 Å². The Balaban J connectivity index is 1.42. The maximum Gasteiger partial charge on any atom is 0.267 e. The van der Waals surface area contributed by atoms with Crippen molar-refractivity contribution >= 4 is 34.0 Å². The highest BCUT2D eigenvalue weighted by Gasteiger charge is 2.31. The molecule has 0 aliphatic carbocycles. The Labute approximate surface area is 175 Å². The Morgan fingerprint density at radius 3 is 2.90 bits per heavy atom. The van der Waals surface area contributed by atoms with Crippen LogP contribution in [0, 0.1) is 11.6 Å². The van der Waals surface area contributed by atoms with Crippen LogP contribution < -0.4 is 15.0 Å². The number of halogens is 2. The zero-order valence-corrected chi connectivity index (χ0v) is 16.7. The third-order valence-corrected chi connectivity index (χ3v) is 5.35. The number of benzene rings is 2. The topological polar surface area (TPSA) is 71.5 Å². The molecular weight excluding hydrogens is 412 g/mol. The van der Waals surface area contributed by atoms with Crippen LogP contribution in [0.2, 0.25) is 0 Å². The van der Waals surface area contributed by atoms with Crippen LogP contribution >= 0.6 is 11.3 Å². The minimum atomic E-state index is -0.634. The number of ether oxygens (including phenoxy) is 1. The number of fused-ring (bicyclic) bond motifs is 1. The molecule has 154 valence electrons. The summed E-state index contributed by atoms with van der Waals surface area (Å²) in [4.78, 5) is 30.5. The van der Waals surface area contributed by atoms with E-state index in [1.54, 1.807) is 25.1 Å². The van der Waals surface area contributed by atoms with E-state index in [2.05, 4.69) is 10.3 Å². The minimum Gasteiger partial charge on any atom is -0.479 e. The molecule has 1 aliphatic rings. The maximum absolute atomic E-state index is 13.9. The number of thiazole rings is 1. The SMILES string of the molecule is C[C@H]1Oc2ccccc2N(CCC(=O)Nc2nc(-c3cc(F)ccc3F)cs2)C1=O. The number of aromatic nitrogens is 1. The Bertz CT molecular complexity index is 1120. The first-order valence-electron chi connectivity index (χ1n) is 9.20. The van der Waals surface area contributed by atoms with Gasteiger partial charge in [0.05, 0.1) is 11.4 Å². The van der Waals surface area contributed by atoms with E-state index in [0.717, 1.165) is 29.5 Å². The zero-order chi connectivity index (χ0) is 21.3. The quantitative estimate of drug-likeness (QED) is 0.659. The predicted molar refractivity (Wildman–Crippen MR) is 110 cm³/mol. The molecule has 2 amide bonds. The van der Waals surface area contributed by atoms with Gasteiger partial charge in [-0.2, -0.15) is 0 Å². The van der Waals surface area contributed by atoms with Gasteiger partial charge in [0.15, 0.2) is 11.2 Å². The lowest BCUT2D eigenvalue weighted by Gasteiger charge is -2.32. The molecule has 0 radical (unpaired) electrons. The van der Waals surface area contributed by atoms with Crippen molar-refractivity contribution in [2.24, 2.45) is 0 Å². The van der Waals surface area contributed by atoms with Crippen molar-refractivity contribution in [1.29, 1.82) is 0 Å². The Morgan fingerprint density at radius 2 is 2.07 bits per heavy atom. The lowest BCUT2D eigenvalue weighted by atomic mass is 10.1. The standard InChI is InChI=1S/C21H17F2N3O3S/c1-12-20(28)26(17-4-2-3-5-18(17)29-12)9-8-19(27)25-21-24-16(11-30-21)14-10-13(22)6-7-15(14)23/h2-7,10-12H,8-9H2,1H3,(H,24,25,27)/t12-/m1/s1. The second kappa shape index (κ2) is 8.19. The largest absolute Gasteiger partial charge is 0.479 e. The molecule has 0 unspecified atom stereocenters. The molecule has 2 aromatic carbocycles. The van der Waals surface area contributed by atoms with Gasteiger partial charge in [-0.3, -0.25) is 9.59 Å². The van der Waals surface area contributed by atoms with Gasteiger partial charge in [-0.25, -0.2) is 13.8 Å². The van der Waals surface area contributed by atoms with Crippen molar-refractivity contribution in [1.82, 2.24) is 4.98 Å². The number of nitrogens with zero attached hydrogens (tertiary/aromatic N) is 2. The van der Waals surface area contributed by atoms with Crippen molar-refractivity contribution in [3.8, 4) is 17.0 Å². The first kappa shape index (κ1) is 20.0. The van der Waals surface area contributed by atoms with Gasteiger partial charge in [-0.05, 0) is 37.3 Å². The molecular formula is C21H17F2N3O3S. The molecule has 6 nitrogen and oxygen atoms in total. The number of hydrogen-bond donors (Lipinski definition) is 1. The second-order valence-electron chi connectivity index (χ2n) is 6.68. The van der Waals surface area contributed by atoms with Crippen molar-refractivity contribution in [2.45, 2.75) is 19.4 Å². The summed E-state index contributed by atoms with van der Waals surface area (Å²) < 4.78 is 32.9. The van der Waals surface area contributed by atoms with Crippen LogP contribution in [0.25, 0.3) is 11.3 Å². The fraction of sp³-hybridized carbons (Fsp3) is 0.190. The van der Waals surface area contributed by atoms with Gasteiger partial charge in [0.1, 0.15) is 17.4 Å². The van der Waals surface area contributed by atoms with Crippen molar-refractivity contribution in [3.05, 3.63) is 59.5 Å². The number of amides is 2. The van der Waals surface area contributed by atoms with Crippen LogP contribution in [0.4, 0.5) is 19.6 Å². The molecule has 4 rings (SSSR count). The third kappa shape index (κ3) is 4.02. The molecule has 0 spiro atoms. The van der Waals surface area contributed by atoms with E-state index >= 15 is 0 Å². The summed E-state index contributed by atoms with van der Waals surface area (Å²) in [6.07, 6.45) is -0.596. The zero-order valence-electron chi connectivity index (χ0n) is 15.9. The molecule has 3 aromatic rings. The number of hydrogen-bond acceptors (Lipinski definition) is 5. The van der Waals surface area contributed by atoms with Gasteiger partial charge < -0.3 is 15.0 Å². The Kier molecular flexibility index (Phi) is 5.45. The van der Waals surface area contributed by atoms with Crippen LogP contribution in [-0.4, -0.2) is 29.4 Å². The number of anilines is 2. The summed E-state index contributed by atoms with van der Waals surface area (Å²) >= 11 is 1.11. The molecule has 0 saturated carbocycles. The summed E-state index contributed by atoms with van der Waals surface area (Å²) in [5.74, 6) is -1.15. The highest BCUT2D eigenvalue weighted by atomic mass is 32.1. The van der Waals surface area contributed by atoms with E-state index in [4.69, 9.17) is 4.74 Å². The number of carbonyl (C=O) groups excluding carboxylic acids is 2. The van der Waals surface area contributed by atoms with Gasteiger partial charge in [0, 0.05) is 23.9 Å². The van der Waals surface area contributed by atoms with E-state index in [0.29, 0.717) is 11.4 Å². The van der Waals surface area contributed by atoms with Gasteiger partial charge in [-0.15, -0.1) is 11.3 Å². The minimum absolute atomic E-state index is 0.0243. The molecule has 0 bridgehead atoms. The maximum atomic E-state index is 13.9. The van der Waals surface area contributed by atoms with Crippen LogP contribution in [0.5, 0.6) is 5.75 Å². The molecule has 0 fully saturated rings. The Hall–Kier alpha value is -3.33. The van der Waals surface area contributed by atoms with Crippen molar-refractivity contribution < 1.29 is 23.1 Å². The van der Waals surface area contributed by atoms with E-state index in [1.807, 2.05) is 6.07 Å². The van der Waals surface area contributed by atoms with E-state index in [1.165, 1.54) is 10.3 Å². The molecule has 0 saturated heterocycles. The predicted octanol–water partition coefficient (Wildman–Crippen LogP) is 4.23. The monoisotopic (exact) mass is 429 g/mol. The summed E-state index contributed by atoms with van der Waals surface area (Å²) in [5.41, 5.74) is 0.876. The normalized spacial score (nSPS) is 15.5. The first-order valence-corrected chi connectivity index (χ1v) is 10.1. The van der Waals surface area contributed by atoms with E-state index in [-0.39, 0.29) is 41.2 Å². The fourth-order valence-electron chi connectivity index (χ4n) is 3.13. The molecule has 2 heterocycles. The number of carbonyl (C=O) groups is 2. The van der Waals surface area contributed by atoms with Crippen LogP contribution in [0.3, 0.4) is 0 Å². The van der Waals surface area contributed by atoms with Gasteiger partial charge in [0.2, 0.25) is 5.91 Å². The average Bonchev–Trinajstić information content (AvgIpc) is 3.18. The Morgan fingerprint density at radius 1 is 1.27 bits per heavy atom. The van der Waals surface area contributed by atoms with E-state index in [9.17, 15) is 18.4 Å². The van der Waals surface area contributed by atoms with Crippen molar-refractivity contribution in [2.75, 3.05) is 16.8 Å².